The van der Waals surface area contributed by atoms with Crippen molar-refractivity contribution in [2.24, 2.45) is 0 Å². The van der Waals surface area contributed by atoms with Crippen LogP contribution < -0.4 is 4.74 Å². The van der Waals surface area contributed by atoms with Crippen LogP contribution in [0.2, 0.25) is 0 Å². The van der Waals surface area contributed by atoms with Gasteiger partial charge in [0, 0.05) is 5.56 Å². The molecule has 25 heavy (non-hydrogen) atoms. The zero-order valence-corrected chi connectivity index (χ0v) is 13.6. The highest BCUT2D eigenvalue weighted by molar-refractivity contribution is 5.97. The molecule has 4 heteroatoms. The van der Waals surface area contributed by atoms with E-state index in [1.165, 1.54) is 6.92 Å². The van der Waals surface area contributed by atoms with Gasteiger partial charge in [-0.15, -0.1) is 0 Å². The van der Waals surface area contributed by atoms with Crippen LogP contribution in [-0.2, 0) is 6.61 Å². The fraction of sp³-hybridized carbons (Fsp3) is 0.0952. The summed E-state index contributed by atoms with van der Waals surface area (Å²) in [6, 6.07) is 17.5. The summed E-state index contributed by atoms with van der Waals surface area (Å²) in [5.74, 6) is -0.878. The molecule has 0 spiro atoms. The average Bonchev–Trinajstić information content (AvgIpc) is 2.62. The van der Waals surface area contributed by atoms with Gasteiger partial charge in [0.2, 0.25) is 0 Å². The Morgan fingerprint density at radius 3 is 2.44 bits per heavy atom. The third kappa shape index (κ3) is 3.91. The molecule has 0 radical (unpaired) electrons. The third-order valence-electron chi connectivity index (χ3n) is 3.84. The molecule has 0 fully saturated rings. The van der Waals surface area contributed by atoms with Gasteiger partial charge in [0.25, 0.3) is 0 Å². The van der Waals surface area contributed by atoms with Crippen LogP contribution >= 0.6 is 0 Å². The van der Waals surface area contributed by atoms with Gasteiger partial charge in [-0.3, -0.25) is 4.79 Å². The maximum absolute atomic E-state index is 14.0. The Balaban J connectivity index is 1.97. The van der Waals surface area contributed by atoms with Crippen LogP contribution in [0.15, 0.2) is 66.7 Å². The highest BCUT2D eigenvalue weighted by Crippen LogP contribution is 2.30. The van der Waals surface area contributed by atoms with Crippen molar-refractivity contribution >= 4 is 5.78 Å². The number of hydrogen-bond acceptors (Lipinski definition) is 2. The van der Waals surface area contributed by atoms with Gasteiger partial charge in [-0.25, -0.2) is 8.78 Å². The van der Waals surface area contributed by atoms with Gasteiger partial charge in [0.15, 0.2) is 5.78 Å². The molecule has 0 amide bonds. The molecule has 3 rings (SSSR count). The number of hydrogen-bond donors (Lipinski definition) is 0. The van der Waals surface area contributed by atoms with Crippen molar-refractivity contribution in [3.05, 3.63) is 89.5 Å². The van der Waals surface area contributed by atoms with E-state index in [4.69, 9.17) is 4.74 Å². The quantitative estimate of drug-likeness (QED) is 0.581. The summed E-state index contributed by atoms with van der Waals surface area (Å²) < 4.78 is 33.3. The van der Waals surface area contributed by atoms with Gasteiger partial charge >= 0.3 is 0 Å². The first-order valence-electron chi connectivity index (χ1n) is 7.82. The standard InChI is InChI=1S/C21H16F2O2/c1-14(24)18-9-7-16(19-12-17(22)8-10-20(19)23)11-21(18)25-13-15-5-3-2-4-6-15/h2-12H,13H2,1H3. The highest BCUT2D eigenvalue weighted by Gasteiger charge is 2.13. The molecule has 126 valence electrons. The normalized spacial score (nSPS) is 10.5. The summed E-state index contributed by atoms with van der Waals surface area (Å²) in [7, 11) is 0. The van der Waals surface area contributed by atoms with Crippen LogP contribution in [0.1, 0.15) is 22.8 Å². The summed E-state index contributed by atoms with van der Waals surface area (Å²) in [4.78, 5) is 11.8. The van der Waals surface area contributed by atoms with Crippen LogP contribution in [0.25, 0.3) is 11.1 Å². The summed E-state index contributed by atoms with van der Waals surface area (Å²) in [6.45, 7) is 1.71. The second-order valence-electron chi connectivity index (χ2n) is 5.67. The predicted molar refractivity (Wildman–Crippen MR) is 92.6 cm³/mol. The average molecular weight is 338 g/mol. The molecule has 0 N–H and O–H groups in total. The lowest BCUT2D eigenvalue weighted by molar-refractivity contribution is 0.101. The van der Waals surface area contributed by atoms with E-state index in [2.05, 4.69) is 0 Å². The van der Waals surface area contributed by atoms with Crippen LogP contribution in [0.4, 0.5) is 8.78 Å². The van der Waals surface area contributed by atoms with E-state index in [9.17, 15) is 13.6 Å². The predicted octanol–water partition coefficient (Wildman–Crippen LogP) is 5.41. The van der Waals surface area contributed by atoms with E-state index in [0.717, 1.165) is 23.8 Å². The molecule has 0 bridgehead atoms. The van der Waals surface area contributed by atoms with Gasteiger partial charge < -0.3 is 4.74 Å². The molecule has 0 atom stereocenters. The first kappa shape index (κ1) is 16.8. The summed E-state index contributed by atoms with van der Waals surface area (Å²) in [6.07, 6.45) is 0. The molecule has 0 aliphatic carbocycles. The molecule has 0 heterocycles. The minimum Gasteiger partial charge on any atom is -0.488 e. The maximum Gasteiger partial charge on any atom is 0.163 e. The second kappa shape index (κ2) is 7.26. The SMILES string of the molecule is CC(=O)c1ccc(-c2cc(F)ccc2F)cc1OCc1ccccc1. The van der Waals surface area contributed by atoms with Crippen molar-refractivity contribution in [3.8, 4) is 16.9 Å². The molecular formula is C21H16F2O2. The Labute approximate surface area is 144 Å². The van der Waals surface area contributed by atoms with E-state index in [0.29, 0.717) is 16.9 Å². The third-order valence-corrected chi connectivity index (χ3v) is 3.84. The Bertz CT molecular complexity index is 905. The first-order valence-corrected chi connectivity index (χ1v) is 7.82. The van der Waals surface area contributed by atoms with Crippen LogP contribution in [0, 0.1) is 11.6 Å². The summed E-state index contributed by atoms with van der Waals surface area (Å²) >= 11 is 0. The number of ether oxygens (including phenoxy) is 1. The number of Topliss-reactive ketones (excluding diaryl/α,β-unsaturated/α-hetero) is 1. The number of carbonyl (C=O) groups excluding carboxylic acids is 1. The fourth-order valence-electron chi connectivity index (χ4n) is 2.55. The molecule has 0 aliphatic rings. The fourth-order valence-corrected chi connectivity index (χ4v) is 2.55. The Hall–Kier alpha value is -3.01. The maximum atomic E-state index is 14.0. The minimum atomic E-state index is -0.536. The van der Waals surface area contributed by atoms with Gasteiger partial charge in [0.05, 0.1) is 5.56 Å². The van der Waals surface area contributed by atoms with Crippen molar-refractivity contribution in [1.29, 1.82) is 0 Å². The molecule has 3 aromatic rings. The largest absolute Gasteiger partial charge is 0.488 e. The number of benzene rings is 3. The lowest BCUT2D eigenvalue weighted by Gasteiger charge is -2.13. The van der Waals surface area contributed by atoms with E-state index in [1.807, 2.05) is 30.3 Å². The number of ketones is 1. The molecule has 0 aliphatic heterocycles. The Morgan fingerprint density at radius 1 is 0.960 bits per heavy atom. The topological polar surface area (TPSA) is 26.3 Å². The van der Waals surface area contributed by atoms with E-state index in [-0.39, 0.29) is 18.0 Å². The van der Waals surface area contributed by atoms with E-state index >= 15 is 0 Å². The van der Waals surface area contributed by atoms with Gasteiger partial charge in [-0.2, -0.15) is 0 Å². The number of rotatable bonds is 5. The van der Waals surface area contributed by atoms with Crippen molar-refractivity contribution in [3.63, 3.8) is 0 Å². The molecular weight excluding hydrogens is 322 g/mol. The molecule has 0 saturated carbocycles. The lowest BCUT2D eigenvalue weighted by Crippen LogP contribution is -2.02. The molecule has 0 saturated heterocycles. The number of halogens is 2. The molecule has 0 aromatic heterocycles. The minimum absolute atomic E-state index is 0.125. The van der Waals surface area contributed by atoms with Crippen molar-refractivity contribution in [2.45, 2.75) is 13.5 Å². The lowest BCUT2D eigenvalue weighted by atomic mass is 10.0. The van der Waals surface area contributed by atoms with Crippen LogP contribution in [-0.4, -0.2) is 5.78 Å². The Morgan fingerprint density at radius 2 is 1.72 bits per heavy atom. The van der Waals surface area contributed by atoms with Gasteiger partial charge in [0.1, 0.15) is 24.0 Å². The molecule has 3 aromatic carbocycles. The monoisotopic (exact) mass is 338 g/mol. The van der Waals surface area contributed by atoms with E-state index in [1.54, 1.807) is 18.2 Å². The van der Waals surface area contributed by atoms with Crippen LogP contribution in [0.3, 0.4) is 0 Å². The second-order valence-corrected chi connectivity index (χ2v) is 5.67. The summed E-state index contributed by atoms with van der Waals surface area (Å²) in [5.41, 5.74) is 1.92. The number of carbonyl (C=O) groups is 1. The van der Waals surface area contributed by atoms with Gasteiger partial charge in [-0.1, -0.05) is 36.4 Å². The molecule has 2 nitrogen and oxygen atoms in total. The van der Waals surface area contributed by atoms with Crippen molar-refractivity contribution in [1.82, 2.24) is 0 Å². The van der Waals surface area contributed by atoms with Crippen molar-refractivity contribution in [2.75, 3.05) is 0 Å². The first-order chi connectivity index (χ1) is 12.0. The van der Waals surface area contributed by atoms with Crippen molar-refractivity contribution < 1.29 is 18.3 Å². The van der Waals surface area contributed by atoms with Gasteiger partial charge in [-0.05, 0) is 48.4 Å². The smallest absolute Gasteiger partial charge is 0.163 e. The van der Waals surface area contributed by atoms with Crippen LogP contribution in [0.5, 0.6) is 5.75 Å². The Kier molecular flexibility index (Phi) is 4.89. The highest BCUT2D eigenvalue weighted by atomic mass is 19.1. The molecule has 0 unspecified atom stereocenters. The summed E-state index contributed by atoms with van der Waals surface area (Å²) in [5, 5.41) is 0. The van der Waals surface area contributed by atoms with E-state index < -0.39 is 11.6 Å². The zero-order valence-electron chi connectivity index (χ0n) is 13.6. The zero-order chi connectivity index (χ0) is 17.8.